The first kappa shape index (κ1) is 14.8. The van der Waals surface area contributed by atoms with Crippen molar-refractivity contribution >= 4 is 0 Å². The minimum atomic E-state index is -0.453. The van der Waals surface area contributed by atoms with Crippen LogP contribution < -0.4 is 5.32 Å². The first-order chi connectivity index (χ1) is 9.37. The van der Waals surface area contributed by atoms with Crippen molar-refractivity contribution in [3.05, 3.63) is 0 Å². The van der Waals surface area contributed by atoms with Gasteiger partial charge in [-0.3, -0.25) is 4.90 Å². The second-order valence-electron chi connectivity index (χ2n) is 8.48. The minimum Gasteiger partial charge on any atom is -0.389 e. The van der Waals surface area contributed by atoms with Crippen molar-refractivity contribution in [3.8, 4) is 0 Å². The van der Waals surface area contributed by atoms with Crippen LogP contribution in [0.25, 0.3) is 0 Å². The van der Waals surface area contributed by atoms with Crippen LogP contribution in [0.1, 0.15) is 65.7 Å². The van der Waals surface area contributed by atoms with Crippen LogP contribution in [0.15, 0.2) is 0 Å². The van der Waals surface area contributed by atoms with Gasteiger partial charge in [-0.25, -0.2) is 0 Å². The van der Waals surface area contributed by atoms with Crippen molar-refractivity contribution in [2.75, 3.05) is 13.1 Å². The zero-order chi connectivity index (χ0) is 14.4. The number of hydrogen-bond donors (Lipinski definition) is 2. The minimum absolute atomic E-state index is 0.427. The second kappa shape index (κ2) is 5.26. The average Bonchev–Trinajstić information content (AvgIpc) is 3.16. The van der Waals surface area contributed by atoms with E-state index < -0.39 is 5.60 Å². The predicted molar refractivity (Wildman–Crippen MR) is 82.8 cm³/mol. The summed E-state index contributed by atoms with van der Waals surface area (Å²) in [6, 6.07) is 2.18. The van der Waals surface area contributed by atoms with Crippen molar-refractivity contribution in [3.63, 3.8) is 0 Å². The van der Waals surface area contributed by atoms with E-state index >= 15 is 0 Å². The van der Waals surface area contributed by atoms with Gasteiger partial charge >= 0.3 is 0 Å². The molecule has 1 saturated heterocycles. The van der Waals surface area contributed by atoms with Gasteiger partial charge in [0.15, 0.2) is 0 Å². The summed E-state index contributed by atoms with van der Waals surface area (Å²) in [5.41, 5.74) is -0.0252. The molecule has 116 valence electrons. The van der Waals surface area contributed by atoms with Crippen molar-refractivity contribution in [2.24, 2.45) is 5.41 Å². The lowest BCUT2D eigenvalue weighted by Crippen LogP contribution is -2.48. The Morgan fingerprint density at radius 3 is 2.40 bits per heavy atom. The molecule has 3 nitrogen and oxygen atoms in total. The highest BCUT2D eigenvalue weighted by Gasteiger charge is 2.40. The average molecular weight is 280 g/mol. The van der Waals surface area contributed by atoms with Crippen LogP contribution in [0.2, 0.25) is 0 Å². The van der Waals surface area contributed by atoms with Crippen molar-refractivity contribution in [2.45, 2.75) is 89.4 Å². The molecule has 0 bridgehead atoms. The zero-order valence-electron chi connectivity index (χ0n) is 13.5. The third-order valence-electron chi connectivity index (χ3n) is 5.89. The molecule has 3 fully saturated rings. The van der Waals surface area contributed by atoms with Crippen LogP contribution in [0.4, 0.5) is 0 Å². The summed E-state index contributed by atoms with van der Waals surface area (Å²) in [5, 5.41) is 14.4. The summed E-state index contributed by atoms with van der Waals surface area (Å²) in [4.78, 5) is 2.67. The van der Waals surface area contributed by atoms with Crippen LogP contribution >= 0.6 is 0 Å². The molecule has 2 unspecified atom stereocenters. The number of nitrogens with one attached hydrogen (secondary N) is 1. The van der Waals surface area contributed by atoms with E-state index in [0.29, 0.717) is 11.5 Å². The number of rotatable bonds is 4. The van der Waals surface area contributed by atoms with E-state index in [2.05, 4.69) is 31.0 Å². The summed E-state index contributed by atoms with van der Waals surface area (Å²) in [5.74, 6) is 0. The van der Waals surface area contributed by atoms with E-state index in [1.54, 1.807) is 0 Å². The van der Waals surface area contributed by atoms with E-state index in [-0.39, 0.29) is 0 Å². The van der Waals surface area contributed by atoms with Gasteiger partial charge in [0.2, 0.25) is 0 Å². The molecule has 1 heterocycles. The normalized spacial score (nSPS) is 37.2. The van der Waals surface area contributed by atoms with Gasteiger partial charge in [0.05, 0.1) is 5.60 Å². The predicted octanol–water partition coefficient (Wildman–Crippen LogP) is 2.53. The highest BCUT2D eigenvalue weighted by atomic mass is 16.3. The highest BCUT2D eigenvalue weighted by molar-refractivity contribution is 4.97. The second-order valence-corrected chi connectivity index (χ2v) is 8.48. The van der Waals surface area contributed by atoms with E-state index in [0.717, 1.165) is 44.3 Å². The van der Waals surface area contributed by atoms with Crippen LogP contribution in [-0.2, 0) is 0 Å². The SMILES string of the molecule is CC1CC(NCC2(O)CCC(C)(C)CC2)CN1C1CC1. The van der Waals surface area contributed by atoms with Crippen LogP contribution in [0.3, 0.4) is 0 Å². The van der Waals surface area contributed by atoms with E-state index in [1.807, 2.05) is 0 Å². The molecule has 2 atom stereocenters. The lowest BCUT2D eigenvalue weighted by Gasteiger charge is -2.40. The highest BCUT2D eigenvalue weighted by Crippen LogP contribution is 2.40. The Kier molecular flexibility index (Phi) is 3.89. The molecule has 1 aliphatic heterocycles. The molecule has 0 aromatic carbocycles. The van der Waals surface area contributed by atoms with Gasteiger partial charge in [0.25, 0.3) is 0 Å². The largest absolute Gasteiger partial charge is 0.389 e. The molecule has 0 radical (unpaired) electrons. The maximum atomic E-state index is 10.7. The number of aliphatic hydroxyl groups is 1. The number of likely N-dealkylation sites (tertiary alicyclic amines) is 1. The Balaban J connectivity index is 1.45. The Bertz CT molecular complexity index is 341. The van der Waals surface area contributed by atoms with Gasteiger partial charge in [0.1, 0.15) is 0 Å². The molecule has 0 amide bonds. The maximum Gasteiger partial charge on any atom is 0.0772 e. The summed E-state index contributed by atoms with van der Waals surface area (Å²) >= 11 is 0. The van der Waals surface area contributed by atoms with Gasteiger partial charge in [-0.1, -0.05) is 13.8 Å². The van der Waals surface area contributed by atoms with Crippen molar-refractivity contribution in [1.82, 2.24) is 10.2 Å². The summed E-state index contributed by atoms with van der Waals surface area (Å²) < 4.78 is 0. The quantitative estimate of drug-likeness (QED) is 0.830. The molecule has 2 aliphatic carbocycles. The van der Waals surface area contributed by atoms with Gasteiger partial charge in [-0.05, 0) is 57.3 Å². The van der Waals surface area contributed by atoms with E-state index in [1.165, 1.54) is 25.8 Å². The first-order valence-corrected chi connectivity index (χ1v) is 8.58. The third-order valence-corrected chi connectivity index (χ3v) is 5.89. The molecule has 3 aliphatic rings. The third kappa shape index (κ3) is 3.37. The maximum absolute atomic E-state index is 10.7. The molecule has 3 rings (SSSR count). The van der Waals surface area contributed by atoms with Crippen LogP contribution in [0, 0.1) is 5.41 Å². The van der Waals surface area contributed by atoms with Crippen molar-refractivity contribution < 1.29 is 5.11 Å². The summed E-state index contributed by atoms with van der Waals surface area (Å²) in [7, 11) is 0. The monoisotopic (exact) mass is 280 g/mol. The summed E-state index contributed by atoms with van der Waals surface area (Å²) in [6.07, 6.45) is 8.27. The molecule has 0 spiro atoms. The van der Waals surface area contributed by atoms with Gasteiger partial charge in [0, 0.05) is 31.2 Å². The fourth-order valence-corrected chi connectivity index (χ4v) is 4.02. The smallest absolute Gasteiger partial charge is 0.0772 e. The zero-order valence-corrected chi connectivity index (χ0v) is 13.5. The Morgan fingerprint density at radius 2 is 1.80 bits per heavy atom. The standard InChI is InChI=1S/C17H32N2O/c1-13-10-14(11-19(13)15-4-5-15)18-12-17(20)8-6-16(2,3)7-9-17/h13-15,18,20H,4-12H2,1-3H3. The number of hydrogen-bond acceptors (Lipinski definition) is 3. The van der Waals surface area contributed by atoms with Gasteiger partial charge in [-0.2, -0.15) is 0 Å². The van der Waals surface area contributed by atoms with Gasteiger partial charge < -0.3 is 10.4 Å². The topological polar surface area (TPSA) is 35.5 Å². The van der Waals surface area contributed by atoms with Gasteiger partial charge in [-0.15, -0.1) is 0 Å². The lowest BCUT2D eigenvalue weighted by molar-refractivity contribution is -0.0259. The van der Waals surface area contributed by atoms with Crippen LogP contribution in [-0.4, -0.2) is 46.8 Å². The molecule has 20 heavy (non-hydrogen) atoms. The van der Waals surface area contributed by atoms with E-state index in [4.69, 9.17) is 0 Å². The Morgan fingerprint density at radius 1 is 1.15 bits per heavy atom. The molecule has 0 aromatic rings. The van der Waals surface area contributed by atoms with E-state index in [9.17, 15) is 5.11 Å². The fourth-order valence-electron chi connectivity index (χ4n) is 4.02. The molecule has 2 N–H and O–H groups in total. The Labute approximate surface area is 124 Å². The molecular formula is C17H32N2O. The first-order valence-electron chi connectivity index (χ1n) is 8.58. The van der Waals surface area contributed by atoms with Crippen molar-refractivity contribution in [1.29, 1.82) is 0 Å². The molecular weight excluding hydrogens is 248 g/mol. The molecule has 2 saturated carbocycles. The fraction of sp³-hybridized carbons (Fsp3) is 1.00. The molecule has 0 aromatic heterocycles. The number of nitrogens with zero attached hydrogens (tertiary/aromatic N) is 1. The molecule has 3 heteroatoms. The Hall–Kier alpha value is -0.120. The lowest BCUT2D eigenvalue weighted by atomic mass is 9.71. The summed E-state index contributed by atoms with van der Waals surface area (Å²) in [6.45, 7) is 8.99. The van der Waals surface area contributed by atoms with Crippen LogP contribution in [0.5, 0.6) is 0 Å².